The summed E-state index contributed by atoms with van der Waals surface area (Å²) in [7, 11) is 0. The van der Waals surface area contributed by atoms with Crippen LogP contribution in [0.3, 0.4) is 0 Å². The van der Waals surface area contributed by atoms with Crippen molar-refractivity contribution in [3.05, 3.63) is 41.0 Å². The van der Waals surface area contributed by atoms with Crippen molar-refractivity contribution in [2.75, 3.05) is 5.33 Å². The lowest BCUT2D eigenvalue weighted by molar-refractivity contribution is -0.131. The number of hydrogen-bond acceptors (Lipinski definition) is 3. The van der Waals surface area contributed by atoms with Gasteiger partial charge in [-0.25, -0.2) is 4.79 Å². The molecule has 0 unspecified atom stereocenters. The highest BCUT2D eigenvalue weighted by molar-refractivity contribution is 9.09. The number of carboxylic acids is 1. The fraction of sp³-hybridized carbons (Fsp3) is 0.154. The van der Waals surface area contributed by atoms with Crippen molar-refractivity contribution in [1.29, 1.82) is 5.26 Å². The average Bonchev–Trinajstić information content (AvgIpc) is 2.36. The zero-order chi connectivity index (χ0) is 13.5. The van der Waals surface area contributed by atoms with Crippen molar-refractivity contribution >= 4 is 33.8 Å². The monoisotopic (exact) mass is 307 g/mol. The smallest absolute Gasteiger partial charge is 0.328 e. The fourth-order valence-electron chi connectivity index (χ4n) is 1.39. The Labute approximate surface area is 113 Å². The average molecular weight is 308 g/mol. The summed E-state index contributed by atoms with van der Waals surface area (Å²) in [5.74, 6) is -1.18. The van der Waals surface area contributed by atoms with E-state index in [-0.39, 0.29) is 11.3 Å². The number of halogens is 1. The van der Waals surface area contributed by atoms with Gasteiger partial charge in [-0.1, -0.05) is 22.0 Å². The molecule has 1 N–H and O–H groups in total. The van der Waals surface area contributed by atoms with Crippen LogP contribution in [-0.2, 0) is 4.79 Å². The molecule has 1 aromatic rings. The van der Waals surface area contributed by atoms with E-state index in [2.05, 4.69) is 15.9 Å². The van der Waals surface area contributed by atoms with Crippen LogP contribution < -0.4 is 0 Å². The van der Waals surface area contributed by atoms with Crippen LogP contribution in [0, 0.1) is 11.3 Å². The van der Waals surface area contributed by atoms with E-state index in [1.165, 1.54) is 12.1 Å². The molecule has 0 saturated heterocycles. The minimum absolute atomic E-state index is 0.114. The molecule has 92 valence electrons. The first-order valence-corrected chi connectivity index (χ1v) is 6.25. The molecule has 1 aromatic carbocycles. The number of benzene rings is 1. The molecule has 1 rings (SSSR count). The lowest BCUT2D eigenvalue weighted by atomic mass is 10.00. The third-order valence-corrected chi connectivity index (χ3v) is 2.60. The predicted octanol–water partition coefficient (Wildman–Crippen LogP) is 2.62. The molecule has 0 heterocycles. The highest BCUT2D eigenvalue weighted by atomic mass is 79.9. The number of rotatable bonds is 5. The summed E-state index contributed by atoms with van der Waals surface area (Å²) >= 11 is 3.17. The van der Waals surface area contributed by atoms with Crippen molar-refractivity contribution < 1.29 is 14.7 Å². The third kappa shape index (κ3) is 3.82. The zero-order valence-corrected chi connectivity index (χ0v) is 11.0. The summed E-state index contributed by atoms with van der Waals surface area (Å²) in [6, 6.07) is 6.61. The van der Waals surface area contributed by atoms with Crippen LogP contribution in [0.2, 0.25) is 0 Å². The van der Waals surface area contributed by atoms with E-state index in [0.29, 0.717) is 22.9 Å². The second-order valence-corrected chi connectivity index (χ2v) is 4.24. The number of ketones is 1. The molecule has 0 aliphatic rings. The molecule has 0 radical (unpaired) electrons. The van der Waals surface area contributed by atoms with Crippen LogP contribution in [-0.4, -0.2) is 22.2 Å². The molecule has 0 spiro atoms. The molecular weight excluding hydrogens is 298 g/mol. The third-order valence-electron chi connectivity index (χ3n) is 2.20. The topological polar surface area (TPSA) is 78.2 Å². The number of carbonyl (C=O) groups is 2. The fourth-order valence-corrected chi connectivity index (χ4v) is 1.75. The number of nitrogens with zero attached hydrogens (tertiary/aromatic N) is 1. The van der Waals surface area contributed by atoms with Crippen LogP contribution in [0.5, 0.6) is 0 Å². The molecule has 0 atom stereocenters. The quantitative estimate of drug-likeness (QED) is 0.515. The van der Waals surface area contributed by atoms with Crippen molar-refractivity contribution in [2.45, 2.75) is 6.42 Å². The zero-order valence-electron chi connectivity index (χ0n) is 9.39. The van der Waals surface area contributed by atoms with E-state index in [9.17, 15) is 9.59 Å². The van der Waals surface area contributed by atoms with Crippen molar-refractivity contribution in [3.8, 4) is 6.07 Å². The Morgan fingerprint density at radius 3 is 2.72 bits per heavy atom. The Bertz CT molecular complexity index is 544. The number of Topliss-reactive ketones (excluding diaryl/α,β-unsaturated/α-hetero) is 1. The van der Waals surface area contributed by atoms with Gasteiger partial charge in [0.25, 0.3) is 0 Å². The molecule has 4 nitrogen and oxygen atoms in total. The predicted molar refractivity (Wildman–Crippen MR) is 70.6 cm³/mol. The highest BCUT2D eigenvalue weighted by Crippen LogP contribution is 2.15. The van der Waals surface area contributed by atoms with Gasteiger partial charge in [-0.05, 0) is 23.8 Å². The van der Waals surface area contributed by atoms with E-state index < -0.39 is 5.97 Å². The Balaban J connectivity index is 3.08. The second kappa shape index (κ2) is 6.72. The number of hydrogen-bond donors (Lipinski definition) is 1. The van der Waals surface area contributed by atoms with Gasteiger partial charge in [0.05, 0.1) is 11.6 Å². The van der Waals surface area contributed by atoms with Crippen LogP contribution in [0.1, 0.15) is 27.9 Å². The summed E-state index contributed by atoms with van der Waals surface area (Å²) in [6.07, 6.45) is 2.68. The Kier molecular flexibility index (Phi) is 5.28. The summed E-state index contributed by atoms with van der Waals surface area (Å²) in [5.41, 5.74) is 1.20. The number of aliphatic carboxylic acids is 1. The van der Waals surface area contributed by atoms with E-state index in [1.54, 1.807) is 12.1 Å². The molecule has 0 aromatic heterocycles. The Morgan fingerprint density at radius 2 is 2.17 bits per heavy atom. The van der Waals surface area contributed by atoms with Gasteiger partial charge in [0.2, 0.25) is 0 Å². The second-order valence-electron chi connectivity index (χ2n) is 3.45. The largest absolute Gasteiger partial charge is 0.478 e. The standard InChI is InChI=1S/C13H10BrNO3/c14-6-5-12(16)11-3-1-9(2-4-13(17)18)7-10(11)8-15/h1-4,7H,5-6H2,(H,17,18)/b4-2+. The van der Waals surface area contributed by atoms with Gasteiger partial charge in [-0.15, -0.1) is 0 Å². The maximum atomic E-state index is 11.7. The molecule has 0 aliphatic carbocycles. The lowest BCUT2D eigenvalue weighted by Crippen LogP contribution is -2.02. The Morgan fingerprint density at radius 1 is 1.44 bits per heavy atom. The summed E-state index contributed by atoms with van der Waals surface area (Å²) in [5, 5.41) is 18.0. The van der Waals surface area contributed by atoms with Crippen LogP contribution in [0.15, 0.2) is 24.3 Å². The first-order chi connectivity index (χ1) is 8.58. The molecule has 0 fully saturated rings. The lowest BCUT2D eigenvalue weighted by Gasteiger charge is -2.03. The van der Waals surface area contributed by atoms with Crippen LogP contribution in [0.25, 0.3) is 6.08 Å². The number of carbonyl (C=O) groups excluding carboxylic acids is 1. The van der Waals surface area contributed by atoms with E-state index in [4.69, 9.17) is 10.4 Å². The van der Waals surface area contributed by atoms with Gasteiger partial charge >= 0.3 is 5.97 Å². The molecule has 0 amide bonds. The summed E-state index contributed by atoms with van der Waals surface area (Å²) in [6.45, 7) is 0. The maximum Gasteiger partial charge on any atom is 0.328 e. The van der Waals surface area contributed by atoms with Gasteiger partial charge in [0, 0.05) is 23.4 Å². The summed E-state index contributed by atoms with van der Waals surface area (Å²) < 4.78 is 0. The van der Waals surface area contributed by atoms with Gasteiger partial charge in [0.15, 0.2) is 5.78 Å². The first-order valence-electron chi connectivity index (χ1n) is 5.12. The first kappa shape index (κ1) is 14.1. The van der Waals surface area contributed by atoms with E-state index >= 15 is 0 Å². The summed E-state index contributed by atoms with van der Waals surface area (Å²) in [4.78, 5) is 22.1. The van der Waals surface area contributed by atoms with E-state index in [1.807, 2.05) is 6.07 Å². The number of nitriles is 1. The van der Waals surface area contributed by atoms with E-state index in [0.717, 1.165) is 6.08 Å². The van der Waals surface area contributed by atoms with Crippen molar-refractivity contribution in [2.24, 2.45) is 0 Å². The molecule has 0 saturated carbocycles. The number of carboxylic acid groups (broad SMARTS) is 1. The highest BCUT2D eigenvalue weighted by Gasteiger charge is 2.10. The van der Waals surface area contributed by atoms with Crippen LogP contribution >= 0.6 is 15.9 Å². The minimum atomic E-state index is -1.06. The van der Waals surface area contributed by atoms with Gasteiger partial charge in [-0.2, -0.15) is 5.26 Å². The molecule has 18 heavy (non-hydrogen) atoms. The maximum absolute atomic E-state index is 11.7. The van der Waals surface area contributed by atoms with Gasteiger partial charge < -0.3 is 5.11 Å². The molecular formula is C13H10BrNO3. The minimum Gasteiger partial charge on any atom is -0.478 e. The SMILES string of the molecule is N#Cc1cc(/C=C/C(=O)O)ccc1C(=O)CCBr. The normalized spacial score (nSPS) is 10.2. The number of alkyl halides is 1. The Hall–Kier alpha value is -1.93. The van der Waals surface area contributed by atoms with Crippen molar-refractivity contribution in [1.82, 2.24) is 0 Å². The molecule has 5 heteroatoms. The van der Waals surface area contributed by atoms with Crippen molar-refractivity contribution in [3.63, 3.8) is 0 Å². The van der Waals surface area contributed by atoms with Crippen LogP contribution in [0.4, 0.5) is 0 Å². The van der Waals surface area contributed by atoms with Gasteiger partial charge in [-0.3, -0.25) is 4.79 Å². The van der Waals surface area contributed by atoms with Gasteiger partial charge in [0.1, 0.15) is 0 Å². The molecule has 0 aliphatic heterocycles. The molecule has 0 bridgehead atoms.